The van der Waals surface area contributed by atoms with Crippen molar-refractivity contribution in [2.24, 2.45) is 11.8 Å². The van der Waals surface area contributed by atoms with Gasteiger partial charge in [-0.25, -0.2) is 13.2 Å². The average Bonchev–Trinajstić information content (AvgIpc) is 3.58. The highest BCUT2D eigenvalue weighted by atomic mass is 19.3. The molecule has 2 fully saturated rings. The van der Waals surface area contributed by atoms with Crippen LogP contribution in [0.4, 0.5) is 13.2 Å². The lowest BCUT2D eigenvalue weighted by atomic mass is 9.78. The van der Waals surface area contributed by atoms with Crippen LogP contribution in [0, 0.1) is 17.7 Å². The van der Waals surface area contributed by atoms with Gasteiger partial charge in [-0.15, -0.1) is 0 Å². The molecule has 2 aromatic carbocycles. The molecule has 1 unspecified atom stereocenters. The van der Waals surface area contributed by atoms with Gasteiger partial charge in [0.15, 0.2) is 0 Å². The molecule has 0 aromatic heterocycles. The van der Waals surface area contributed by atoms with E-state index in [4.69, 9.17) is 4.74 Å². The first-order valence-corrected chi connectivity index (χ1v) is 11.4. The lowest BCUT2D eigenvalue weighted by Crippen LogP contribution is -2.15. The molecule has 2 aliphatic rings. The minimum absolute atomic E-state index is 0.235. The third kappa shape index (κ3) is 4.91. The highest BCUT2D eigenvalue weighted by Gasteiger charge is 2.32. The van der Waals surface area contributed by atoms with E-state index < -0.39 is 17.8 Å². The van der Waals surface area contributed by atoms with Crippen LogP contribution in [-0.4, -0.2) is 6.61 Å². The van der Waals surface area contributed by atoms with Crippen molar-refractivity contribution in [3.8, 4) is 11.1 Å². The second-order valence-corrected chi connectivity index (χ2v) is 8.96. The fourth-order valence-corrected chi connectivity index (χ4v) is 4.99. The lowest BCUT2D eigenvalue weighted by Gasteiger charge is -2.28. The molecular weight excluding hydrogens is 385 g/mol. The van der Waals surface area contributed by atoms with Crippen LogP contribution in [-0.2, 0) is 11.2 Å². The summed E-state index contributed by atoms with van der Waals surface area (Å²) < 4.78 is 47.0. The van der Waals surface area contributed by atoms with Crippen molar-refractivity contribution in [2.45, 2.75) is 70.8 Å². The van der Waals surface area contributed by atoms with E-state index in [1.807, 2.05) is 24.3 Å². The molecule has 162 valence electrons. The lowest BCUT2D eigenvalue weighted by molar-refractivity contribution is 0.146. The van der Waals surface area contributed by atoms with Crippen molar-refractivity contribution in [3.05, 3.63) is 58.9 Å². The van der Waals surface area contributed by atoms with Crippen molar-refractivity contribution < 1.29 is 17.9 Å². The predicted octanol–water partition coefficient (Wildman–Crippen LogP) is 8.04. The SMILES string of the molecule is CCCC1CCC(CCc2ccc(-c3ccc(C4CO4)c(F)c3C(F)F)cc2)CC1. The number of hydrogen-bond donors (Lipinski definition) is 0. The number of alkyl halides is 2. The number of hydrogen-bond acceptors (Lipinski definition) is 1. The molecule has 0 bridgehead atoms. The van der Waals surface area contributed by atoms with Crippen LogP contribution in [0.2, 0.25) is 0 Å². The Morgan fingerprint density at radius 3 is 2.13 bits per heavy atom. The third-order valence-corrected chi connectivity index (χ3v) is 6.88. The van der Waals surface area contributed by atoms with Gasteiger partial charge >= 0.3 is 0 Å². The van der Waals surface area contributed by atoms with E-state index in [1.165, 1.54) is 50.5 Å². The highest BCUT2D eigenvalue weighted by Crippen LogP contribution is 2.40. The molecule has 4 heteroatoms. The number of benzene rings is 2. The van der Waals surface area contributed by atoms with Gasteiger partial charge in [-0.2, -0.15) is 0 Å². The van der Waals surface area contributed by atoms with Gasteiger partial charge in [-0.3, -0.25) is 0 Å². The van der Waals surface area contributed by atoms with Crippen LogP contribution in [0.25, 0.3) is 11.1 Å². The quantitative estimate of drug-likeness (QED) is 0.397. The van der Waals surface area contributed by atoms with E-state index in [2.05, 4.69) is 6.92 Å². The smallest absolute Gasteiger partial charge is 0.267 e. The highest BCUT2D eigenvalue weighted by molar-refractivity contribution is 5.69. The summed E-state index contributed by atoms with van der Waals surface area (Å²) in [6, 6.07) is 10.9. The van der Waals surface area contributed by atoms with E-state index in [0.29, 0.717) is 12.2 Å². The van der Waals surface area contributed by atoms with Gasteiger partial charge in [0.1, 0.15) is 11.9 Å². The largest absolute Gasteiger partial charge is 0.368 e. The molecule has 30 heavy (non-hydrogen) atoms. The molecule has 0 amide bonds. The maximum absolute atomic E-state index is 14.7. The summed E-state index contributed by atoms with van der Waals surface area (Å²) in [6.07, 6.45) is 7.00. The Morgan fingerprint density at radius 1 is 0.933 bits per heavy atom. The maximum Gasteiger partial charge on any atom is 0.267 e. The first-order chi connectivity index (χ1) is 14.6. The van der Waals surface area contributed by atoms with Crippen molar-refractivity contribution >= 4 is 0 Å². The maximum atomic E-state index is 14.7. The molecule has 1 saturated heterocycles. The summed E-state index contributed by atoms with van der Waals surface area (Å²) in [6.45, 7) is 2.66. The van der Waals surface area contributed by atoms with Crippen molar-refractivity contribution in [1.82, 2.24) is 0 Å². The molecule has 1 aliphatic carbocycles. The number of aryl methyl sites for hydroxylation is 1. The average molecular weight is 417 g/mol. The van der Waals surface area contributed by atoms with Crippen LogP contribution < -0.4 is 0 Å². The summed E-state index contributed by atoms with van der Waals surface area (Å²) in [5, 5.41) is 0. The van der Waals surface area contributed by atoms with Gasteiger partial charge in [0.2, 0.25) is 0 Å². The molecule has 2 aromatic rings. The molecular formula is C26H31F3O. The summed E-state index contributed by atoms with van der Waals surface area (Å²) in [4.78, 5) is 0. The van der Waals surface area contributed by atoms with E-state index in [1.54, 1.807) is 12.1 Å². The Balaban J connectivity index is 1.41. The topological polar surface area (TPSA) is 12.5 Å². The summed E-state index contributed by atoms with van der Waals surface area (Å²) >= 11 is 0. The molecule has 1 nitrogen and oxygen atoms in total. The number of ether oxygens (including phenoxy) is 1. The minimum Gasteiger partial charge on any atom is -0.368 e. The normalized spacial score (nSPS) is 23.7. The van der Waals surface area contributed by atoms with Crippen LogP contribution in [0.3, 0.4) is 0 Å². The van der Waals surface area contributed by atoms with E-state index in [9.17, 15) is 13.2 Å². The molecule has 4 rings (SSSR count). The van der Waals surface area contributed by atoms with Gasteiger partial charge in [-0.05, 0) is 41.4 Å². The van der Waals surface area contributed by atoms with E-state index >= 15 is 0 Å². The van der Waals surface area contributed by atoms with Crippen LogP contribution >= 0.6 is 0 Å². The third-order valence-electron chi connectivity index (χ3n) is 6.88. The summed E-state index contributed by atoms with van der Waals surface area (Å²) in [5.74, 6) is 0.898. The predicted molar refractivity (Wildman–Crippen MR) is 114 cm³/mol. The number of epoxide rings is 1. The van der Waals surface area contributed by atoms with Crippen molar-refractivity contribution in [1.29, 1.82) is 0 Å². The fraction of sp³-hybridized carbons (Fsp3) is 0.538. The zero-order valence-corrected chi connectivity index (χ0v) is 17.7. The molecule has 1 atom stereocenters. The number of halogens is 3. The minimum atomic E-state index is -2.86. The molecule has 0 radical (unpaired) electrons. The van der Waals surface area contributed by atoms with Gasteiger partial charge in [0.05, 0.1) is 12.2 Å². The monoisotopic (exact) mass is 416 g/mol. The molecule has 1 heterocycles. The molecule has 1 saturated carbocycles. The first-order valence-electron chi connectivity index (χ1n) is 11.4. The molecule has 0 spiro atoms. The van der Waals surface area contributed by atoms with Crippen molar-refractivity contribution in [2.75, 3.05) is 6.61 Å². The standard InChI is InChI=1S/C26H31F3O/c1-2-3-17-4-6-18(7-5-17)8-9-19-10-12-20(13-11-19)21-14-15-22(23-16-30-23)25(27)24(21)26(28)29/h10-15,17-18,23,26H,2-9,16H2,1H3. The van der Waals surface area contributed by atoms with E-state index in [0.717, 1.165) is 18.3 Å². The zero-order chi connectivity index (χ0) is 21.1. The van der Waals surface area contributed by atoms with E-state index in [-0.39, 0.29) is 17.2 Å². The first kappa shape index (κ1) is 21.4. The van der Waals surface area contributed by atoms with Crippen LogP contribution in [0.1, 0.15) is 81.1 Å². The Labute approximate surface area is 177 Å². The zero-order valence-electron chi connectivity index (χ0n) is 17.7. The van der Waals surface area contributed by atoms with Gasteiger partial charge in [-0.1, -0.05) is 81.8 Å². The Bertz CT molecular complexity index is 834. The number of rotatable bonds is 8. The van der Waals surface area contributed by atoms with Crippen LogP contribution in [0.15, 0.2) is 36.4 Å². The summed E-state index contributed by atoms with van der Waals surface area (Å²) in [7, 11) is 0. The Hall–Kier alpha value is -1.81. The van der Waals surface area contributed by atoms with Crippen LogP contribution in [0.5, 0.6) is 0 Å². The summed E-state index contributed by atoms with van der Waals surface area (Å²) in [5.41, 5.74) is 1.85. The Morgan fingerprint density at radius 2 is 1.57 bits per heavy atom. The fourth-order valence-electron chi connectivity index (χ4n) is 4.99. The second-order valence-electron chi connectivity index (χ2n) is 8.96. The molecule has 0 N–H and O–H groups in total. The van der Waals surface area contributed by atoms with Gasteiger partial charge in [0, 0.05) is 5.56 Å². The van der Waals surface area contributed by atoms with Gasteiger partial charge < -0.3 is 4.74 Å². The van der Waals surface area contributed by atoms with Crippen molar-refractivity contribution in [3.63, 3.8) is 0 Å². The Kier molecular flexibility index (Phi) is 6.82. The second kappa shape index (κ2) is 9.55. The van der Waals surface area contributed by atoms with Gasteiger partial charge in [0.25, 0.3) is 6.43 Å². The molecule has 1 aliphatic heterocycles.